The molecule has 108 valence electrons. The van der Waals surface area contributed by atoms with Gasteiger partial charge in [0.2, 0.25) is 5.91 Å². The Balaban J connectivity index is 1.70. The number of fused-ring (bicyclic) bond motifs is 1. The molecule has 1 atom stereocenters. The number of carboxylic acid groups (broad SMARTS) is 1. The number of amides is 1. The smallest absolute Gasteiger partial charge is 0.331 e. The Morgan fingerprint density at radius 1 is 1.38 bits per heavy atom. The molecule has 3 aromatic rings. The number of aliphatic carboxylic acids is 1. The van der Waals surface area contributed by atoms with Gasteiger partial charge >= 0.3 is 5.97 Å². The minimum Gasteiger partial charge on any atom is -0.479 e. The van der Waals surface area contributed by atoms with Gasteiger partial charge in [-0.1, -0.05) is 6.07 Å². The molecule has 3 heterocycles. The van der Waals surface area contributed by atoms with Crippen molar-refractivity contribution in [3.63, 3.8) is 0 Å². The molecule has 0 saturated carbocycles. The molecule has 3 rings (SSSR count). The molecule has 6 nitrogen and oxygen atoms in total. The second kappa shape index (κ2) is 5.66. The number of carboxylic acids is 1. The van der Waals surface area contributed by atoms with Gasteiger partial charge < -0.3 is 10.4 Å². The molecular formula is C13H11N3O3S2. The Morgan fingerprint density at radius 2 is 2.24 bits per heavy atom. The molecule has 2 N–H and O–H groups in total. The van der Waals surface area contributed by atoms with E-state index in [1.54, 1.807) is 23.7 Å². The van der Waals surface area contributed by atoms with Crippen LogP contribution >= 0.6 is 22.7 Å². The van der Waals surface area contributed by atoms with Crippen molar-refractivity contribution >= 4 is 39.5 Å². The number of carbonyl (C=O) groups excluding carboxylic acids is 1. The second-order valence-corrected chi connectivity index (χ2v) is 6.21. The third kappa shape index (κ3) is 2.96. The molecular weight excluding hydrogens is 310 g/mol. The maximum atomic E-state index is 12.0. The van der Waals surface area contributed by atoms with Crippen LogP contribution in [0.4, 0.5) is 0 Å². The number of thiophene rings is 1. The van der Waals surface area contributed by atoms with Crippen LogP contribution in [0.3, 0.4) is 0 Å². The number of nitrogens with one attached hydrogen (secondary N) is 1. The fraction of sp³-hybridized carbons (Fsp3) is 0.154. The lowest BCUT2D eigenvalue weighted by molar-refractivity contribution is -0.141. The number of thiazole rings is 1. The van der Waals surface area contributed by atoms with E-state index in [0.29, 0.717) is 10.6 Å². The van der Waals surface area contributed by atoms with E-state index in [-0.39, 0.29) is 12.3 Å². The van der Waals surface area contributed by atoms with Crippen LogP contribution < -0.4 is 5.32 Å². The van der Waals surface area contributed by atoms with Crippen molar-refractivity contribution in [2.24, 2.45) is 0 Å². The summed E-state index contributed by atoms with van der Waals surface area (Å²) in [6.45, 7) is 0. The van der Waals surface area contributed by atoms with E-state index in [0.717, 1.165) is 4.96 Å². The zero-order chi connectivity index (χ0) is 14.8. The normalized spacial score (nSPS) is 12.4. The standard InChI is InChI=1S/C13H11N3O3S2/c17-10(6-8-7-16-3-5-21-13(16)14-8)15-11(12(18)19)9-2-1-4-20-9/h1-5,7,11H,6H2,(H,15,17)(H,18,19). The summed E-state index contributed by atoms with van der Waals surface area (Å²) < 4.78 is 1.83. The van der Waals surface area contributed by atoms with Crippen molar-refractivity contribution in [3.8, 4) is 0 Å². The molecule has 8 heteroatoms. The summed E-state index contributed by atoms with van der Waals surface area (Å²) in [4.78, 5) is 29.0. The van der Waals surface area contributed by atoms with Gasteiger partial charge in [0.05, 0.1) is 12.1 Å². The largest absolute Gasteiger partial charge is 0.479 e. The lowest BCUT2D eigenvalue weighted by atomic mass is 10.2. The van der Waals surface area contributed by atoms with E-state index in [1.165, 1.54) is 22.7 Å². The zero-order valence-corrected chi connectivity index (χ0v) is 12.4. The number of nitrogens with zero attached hydrogens (tertiary/aromatic N) is 2. The lowest BCUT2D eigenvalue weighted by Gasteiger charge is -2.12. The van der Waals surface area contributed by atoms with E-state index in [1.807, 2.05) is 16.0 Å². The first-order chi connectivity index (χ1) is 10.1. The van der Waals surface area contributed by atoms with Gasteiger partial charge in [-0.2, -0.15) is 0 Å². The summed E-state index contributed by atoms with van der Waals surface area (Å²) in [6.07, 6.45) is 3.69. The molecule has 0 saturated heterocycles. The van der Waals surface area contributed by atoms with Gasteiger partial charge in [0.1, 0.15) is 0 Å². The quantitative estimate of drug-likeness (QED) is 0.752. The van der Waals surface area contributed by atoms with Crippen molar-refractivity contribution < 1.29 is 14.7 Å². The van der Waals surface area contributed by atoms with Gasteiger partial charge in [-0.3, -0.25) is 9.20 Å². The third-order valence-corrected chi connectivity index (χ3v) is 4.57. The summed E-state index contributed by atoms with van der Waals surface area (Å²) >= 11 is 2.78. The number of carbonyl (C=O) groups is 2. The predicted octanol–water partition coefficient (Wildman–Crippen LogP) is 1.94. The van der Waals surface area contributed by atoms with Crippen LogP contribution in [0.15, 0.2) is 35.3 Å². The topological polar surface area (TPSA) is 83.7 Å². The van der Waals surface area contributed by atoms with Gasteiger partial charge in [0, 0.05) is 22.7 Å². The highest BCUT2D eigenvalue weighted by Crippen LogP contribution is 2.19. The first kappa shape index (κ1) is 13.8. The fourth-order valence-electron chi connectivity index (χ4n) is 1.95. The maximum absolute atomic E-state index is 12.0. The van der Waals surface area contributed by atoms with E-state index in [4.69, 9.17) is 0 Å². The number of aromatic nitrogens is 2. The highest BCUT2D eigenvalue weighted by molar-refractivity contribution is 7.15. The number of hydrogen-bond acceptors (Lipinski definition) is 5. The van der Waals surface area contributed by atoms with E-state index in [2.05, 4.69) is 10.3 Å². The van der Waals surface area contributed by atoms with E-state index < -0.39 is 12.0 Å². The summed E-state index contributed by atoms with van der Waals surface area (Å²) in [5, 5.41) is 15.4. The van der Waals surface area contributed by atoms with Crippen LogP contribution in [-0.2, 0) is 16.0 Å². The molecule has 21 heavy (non-hydrogen) atoms. The van der Waals surface area contributed by atoms with Crippen LogP contribution in [0.25, 0.3) is 4.96 Å². The van der Waals surface area contributed by atoms with Crippen molar-refractivity contribution in [2.75, 3.05) is 0 Å². The molecule has 0 bridgehead atoms. The minimum atomic E-state index is -1.07. The predicted molar refractivity (Wildman–Crippen MR) is 79.6 cm³/mol. The average Bonchev–Trinajstić information content (AvgIpc) is 3.11. The monoisotopic (exact) mass is 321 g/mol. The third-order valence-electron chi connectivity index (χ3n) is 2.86. The SMILES string of the molecule is O=C(Cc1cn2ccsc2n1)NC(C(=O)O)c1cccs1. The Hall–Kier alpha value is -2.19. The molecule has 0 aliphatic carbocycles. The van der Waals surface area contributed by atoms with E-state index >= 15 is 0 Å². The lowest BCUT2D eigenvalue weighted by Crippen LogP contribution is -2.34. The minimum absolute atomic E-state index is 0.0591. The van der Waals surface area contributed by atoms with Crippen LogP contribution in [0.5, 0.6) is 0 Å². The number of rotatable bonds is 5. The van der Waals surface area contributed by atoms with Crippen molar-refractivity contribution in [1.82, 2.24) is 14.7 Å². The summed E-state index contributed by atoms with van der Waals surface area (Å²) in [5.41, 5.74) is 0.620. The molecule has 3 aromatic heterocycles. The first-order valence-corrected chi connectivity index (χ1v) is 7.86. The van der Waals surface area contributed by atoms with Crippen LogP contribution in [0.2, 0.25) is 0 Å². The van der Waals surface area contributed by atoms with Gasteiger partial charge in [0.15, 0.2) is 11.0 Å². The van der Waals surface area contributed by atoms with Gasteiger partial charge in [-0.15, -0.1) is 22.7 Å². The van der Waals surface area contributed by atoms with Crippen molar-refractivity contribution in [1.29, 1.82) is 0 Å². The molecule has 0 aliphatic rings. The Bertz CT molecular complexity index is 747. The molecule has 1 amide bonds. The highest BCUT2D eigenvalue weighted by atomic mass is 32.1. The fourth-order valence-corrected chi connectivity index (χ4v) is 3.43. The average molecular weight is 321 g/mol. The van der Waals surface area contributed by atoms with Crippen LogP contribution in [-0.4, -0.2) is 26.4 Å². The summed E-state index contributed by atoms with van der Waals surface area (Å²) in [5.74, 6) is -1.43. The molecule has 0 aliphatic heterocycles. The zero-order valence-electron chi connectivity index (χ0n) is 10.7. The van der Waals surface area contributed by atoms with Crippen molar-refractivity contribution in [2.45, 2.75) is 12.5 Å². The summed E-state index contributed by atoms with van der Waals surface area (Å²) in [7, 11) is 0. The molecule has 0 fully saturated rings. The molecule has 1 unspecified atom stereocenters. The maximum Gasteiger partial charge on any atom is 0.331 e. The second-order valence-electron chi connectivity index (χ2n) is 4.36. The Labute approximate surface area is 127 Å². The van der Waals surface area contributed by atoms with Gasteiger partial charge in [0.25, 0.3) is 0 Å². The van der Waals surface area contributed by atoms with Crippen LogP contribution in [0.1, 0.15) is 16.6 Å². The molecule has 0 spiro atoms. The van der Waals surface area contributed by atoms with E-state index in [9.17, 15) is 14.7 Å². The first-order valence-electron chi connectivity index (χ1n) is 6.10. The van der Waals surface area contributed by atoms with Crippen molar-refractivity contribution in [3.05, 3.63) is 45.9 Å². The Morgan fingerprint density at radius 3 is 2.90 bits per heavy atom. The Kier molecular flexibility index (Phi) is 3.72. The van der Waals surface area contributed by atoms with Gasteiger partial charge in [-0.05, 0) is 11.4 Å². The summed E-state index contributed by atoms with van der Waals surface area (Å²) in [6, 6.07) is 2.43. The number of imidazole rings is 1. The molecule has 0 aromatic carbocycles. The molecule has 0 radical (unpaired) electrons. The van der Waals surface area contributed by atoms with Crippen LogP contribution in [0, 0.1) is 0 Å². The van der Waals surface area contributed by atoms with Gasteiger partial charge in [-0.25, -0.2) is 9.78 Å². The number of hydrogen-bond donors (Lipinski definition) is 2. The highest BCUT2D eigenvalue weighted by Gasteiger charge is 2.23.